The number of rotatable bonds is 1. The molecule has 0 aromatic heterocycles. The second-order valence-corrected chi connectivity index (χ2v) is 3.39. The highest BCUT2D eigenvalue weighted by Gasteiger charge is 1.97. The molecule has 14 heavy (non-hydrogen) atoms. The fourth-order valence-electron chi connectivity index (χ4n) is 1.39. The molecule has 0 aliphatic heterocycles. The van der Waals surface area contributed by atoms with Crippen molar-refractivity contribution < 1.29 is 5.11 Å². The van der Waals surface area contributed by atoms with E-state index < -0.39 is 0 Å². The van der Waals surface area contributed by atoms with Gasteiger partial charge in [0.25, 0.3) is 0 Å². The van der Waals surface area contributed by atoms with Gasteiger partial charge >= 0.3 is 0 Å². The standard InChI is InChI=1S/C13H11O/c1-10-2-4-11(5-3-10)12-6-8-13(14)9-7-12/h2-9H,1H3. The highest BCUT2D eigenvalue weighted by Crippen LogP contribution is 2.22. The Hall–Kier alpha value is -1.76. The van der Waals surface area contributed by atoms with Gasteiger partial charge in [-0.05, 0) is 30.2 Å². The molecule has 1 heteroatoms. The summed E-state index contributed by atoms with van der Waals surface area (Å²) in [6.07, 6.45) is 0. The Morgan fingerprint density at radius 1 is 0.714 bits per heavy atom. The van der Waals surface area contributed by atoms with Crippen LogP contribution in [0.1, 0.15) is 5.56 Å². The van der Waals surface area contributed by atoms with E-state index in [1.165, 1.54) is 5.56 Å². The first kappa shape index (κ1) is 8.82. The summed E-state index contributed by atoms with van der Waals surface area (Å²) < 4.78 is 0. The van der Waals surface area contributed by atoms with Gasteiger partial charge in [0.15, 0.2) is 5.75 Å². The normalized spacial score (nSPS) is 10.1. The van der Waals surface area contributed by atoms with Gasteiger partial charge in [0.2, 0.25) is 0 Å². The van der Waals surface area contributed by atoms with Gasteiger partial charge in [-0.2, -0.15) is 0 Å². The van der Waals surface area contributed by atoms with E-state index in [4.69, 9.17) is 0 Å². The zero-order valence-corrected chi connectivity index (χ0v) is 8.03. The maximum absolute atomic E-state index is 10.9. The Labute approximate surface area is 83.6 Å². The van der Waals surface area contributed by atoms with Crippen LogP contribution in [0.15, 0.2) is 48.5 Å². The summed E-state index contributed by atoms with van der Waals surface area (Å²) in [6, 6.07) is 15.2. The molecule has 0 amide bonds. The lowest BCUT2D eigenvalue weighted by atomic mass is 10.0. The van der Waals surface area contributed by atoms with Gasteiger partial charge < -0.3 is 0 Å². The third-order valence-electron chi connectivity index (χ3n) is 2.24. The molecule has 2 aromatic rings. The van der Waals surface area contributed by atoms with Crippen molar-refractivity contribution in [2.24, 2.45) is 0 Å². The van der Waals surface area contributed by atoms with E-state index in [1.807, 2.05) is 12.1 Å². The molecule has 0 heterocycles. The minimum atomic E-state index is 0.0564. The Kier molecular flexibility index (Phi) is 2.23. The molecule has 0 atom stereocenters. The van der Waals surface area contributed by atoms with E-state index in [9.17, 15) is 5.11 Å². The fraction of sp³-hybridized carbons (Fsp3) is 0.0769. The molecule has 0 unspecified atom stereocenters. The quantitative estimate of drug-likeness (QED) is 0.640. The zero-order chi connectivity index (χ0) is 9.97. The molecule has 2 rings (SSSR count). The predicted octanol–water partition coefficient (Wildman–Crippen LogP) is 3.81. The van der Waals surface area contributed by atoms with E-state index in [1.54, 1.807) is 12.1 Å². The maximum atomic E-state index is 10.9. The monoisotopic (exact) mass is 183 g/mol. The van der Waals surface area contributed by atoms with Crippen LogP contribution in [0, 0.1) is 6.92 Å². The van der Waals surface area contributed by atoms with Gasteiger partial charge in [-0.3, -0.25) is 5.11 Å². The Bertz CT molecular complexity index is 368. The van der Waals surface area contributed by atoms with Crippen LogP contribution in [0.3, 0.4) is 0 Å². The van der Waals surface area contributed by atoms with Crippen molar-refractivity contribution in [3.63, 3.8) is 0 Å². The van der Waals surface area contributed by atoms with Gasteiger partial charge in [-0.1, -0.05) is 42.0 Å². The van der Waals surface area contributed by atoms with Crippen LogP contribution in [-0.2, 0) is 5.11 Å². The van der Waals surface area contributed by atoms with Crippen LogP contribution in [0.25, 0.3) is 11.1 Å². The van der Waals surface area contributed by atoms with Crippen molar-refractivity contribution in [1.82, 2.24) is 0 Å². The van der Waals surface area contributed by atoms with E-state index in [2.05, 4.69) is 31.2 Å². The summed E-state index contributed by atoms with van der Waals surface area (Å²) in [5, 5.41) is 10.9. The fourth-order valence-corrected chi connectivity index (χ4v) is 1.39. The van der Waals surface area contributed by atoms with E-state index in [0.29, 0.717) is 0 Å². The lowest BCUT2D eigenvalue weighted by Gasteiger charge is -2.01. The van der Waals surface area contributed by atoms with Gasteiger partial charge in [-0.25, -0.2) is 0 Å². The lowest BCUT2D eigenvalue weighted by Crippen LogP contribution is -1.77. The minimum Gasteiger partial charge on any atom is -0.290 e. The topological polar surface area (TPSA) is 19.9 Å². The summed E-state index contributed by atoms with van der Waals surface area (Å²) in [5.41, 5.74) is 3.48. The predicted molar refractivity (Wildman–Crippen MR) is 56.7 cm³/mol. The summed E-state index contributed by atoms with van der Waals surface area (Å²) in [4.78, 5) is 0. The van der Waals surface area contributed by atoms with Crippen LogP contribution < -0.4 is 0 Å². The molecule has 0 aliphatic rings. The molecule has 1 nitrogen and oxygen atoms in total. The molecule has 69 valence electrons. The minimum absolute atomic E-state index is 0.0564. The molecule has 2 aromatic carbocycles. The molecule has 0 saturated heterocycles. The summed E-state index contributed by atoms with van der Waals surface area (Å²) in [7, 11) is 0. The number of aryl methyl sites for hydroxylation is 1. The smallest absolute Gasteiger partial charge is 0.178 e. The van der Waals surface area contributed by atoms with Crippen LogP contribution in [0.2, 0.25) is 0 Å². The van der Waals surface area contributed by atoms with Crippen molar-refractivity contribution in [1.29, 1.82) is 0 Å². The van der Waals surface area contributed by atoms with E-state index >= 15 is 0 Å². The molecule has 0 spiro atoms. The molecular weight excluding hydrogens is 172 g/mol. The average Bonchev–Trinajstić information content (AvgIpc) is 2.21. The van der Waals surface area contributed by atoms with Crippen LogP contribution in [0.4, 0.5) is 0 Å². The molecule has 0 N–H and O–H groups in total. The van der Waals surface area contributed by atoms with Gasteiger partial charge in [0.1, 0.15) is 0 Å². The van der Waals surface area contributed by atoms with Crippen molar-refractivity contribution in [2.75, 3.05) is 0 Å². The molecule has 0 fully saturated rings. The largest absolute Gasteiger partial charge is 0.290 e. The van der Waals surface area contributed by atoms with E-state index in [0.717, 1.165) is 11.1 Å². The average molecular weight is 183 g/mol. The van der Waals surface area contributed by atoms with Crippen LogP contribution in [-0.4, -0.2) is 0 Å². The summed E-state index contributed by atoms with van der Waals surface area (Å²) >= 11 is 0. The summed E-state index contributed by atoms with van der Waals surface area (Å²) in [5.74, 6) is 0.0564. The second-order valence-electron chi connectivity index (χ2n) is 3.39. The Morgan fingerprint density at radius 3 is 1.64 bits per heavy atom. The highest BCUT2D eigenvalue weighted by atomic mass is 16.3. The molecule has 0 saturated carbocycles. The van der Waals surface area contributed by atoms with Crippen molar-refractivity contribution in [3.05, 3.63) is 54.1 Å². The lowest BCUT2D eigenvalue weighted by molar-refractivity contribution is 0.355. The molecule has 1 radical (unpaired) electrons. The molecule has 0 aliphatic carbocycles. The van der Waals surface area contributed by atoms with Gasteiger partial charge in [0, 0.05) is 0 Å². The number of hydrogen-bond acceptors (Lipinski definition) is 0. The Morgan fingerprint density at radius 2 is 1.14 bits per heavy atom. The number of benzene rings is 2. The van der Waals surface area contributed by atoms with Crippen LogP contribution >= 0.6 is 0 Å². The maximum Gasteiger partial charge on any atom is 0.178 e. The zero-order valence-electron chi connectivity index (χ0n) is 8.03. The molecule has 0 bridgehead atoms. The third-order valence-corrected chi connectivity index (χ3v) is 2.24. The first-order valence-electron chi connectivity index (χ1n) is 4.60. The first-order valence-corrected chi connectivity index (χ1v) is 4.60. The highest BCUT2D eigenvalue weighted by molar-refractivity contribution is 5.64. The van der Waals surface area contributed by atoms with Crippen molar-refractivity contribution >= 4 is 0 Å². The third kappa shape index (κ3) is 1.77. The summed E-state index contributed by atoms with van der Waals surface area (Å²) in [6.45, 7) is 2.06. The Balaban J connectivity index is 2.40. The number of hydrogen-bond donors (Lipinski definition) is 0. The molecular formula is C13H11O. The van der Waals surface area contributed by atoms with Crippen molar-refractivity contribution in [2.45, 2.75) is 6.92 Å². The van der Waals surface area contributed by atoms with Gasteiger partial charge in [0.05, 0.1) is 0 Å². The second kappa shape index (κ2) is 3.54. The van der Waals surface area contributed by atoms with Crippen molar-refractivity contribution in [3.8, 4) is 16.9 Å². The van der Waals surface area contributed by atoms with Crippen LogP contribution in [0.5, 0.6) is 5.75 Å². The van der Waals surface area contributed by atoms with Gasteiger partial charge in [-0.15, -0.1) is 0 Å². The SMILES string of the molecule is Cc1ccc(-c2ccc([O])cc2)cc1. The van der Waals surface area contributed by atoms with E-state index in [-0.39, 0.29) is 5.75 Å². The first-order chi connectivity index (χ1) is 6.75.